The Morgan fingerprint density at radius 2 is 1.93 bits per heavy atom. The van der Waals surface area contributed by atoms with E-state index in [0.29, 0.717) is 17.2 Å². The molecule has 28 heavy (non-hydrogen) atoms. The molecule has 1 aliphatic rings. The molecule has 8 heteroatoms. The highest BCUT2D eigenvalue weighted by atomic mass is 32.2. The normalized spacial score (nSPS) is 13.9. The number of ether oxygens (including phenoxy) is 2. The Bertz CT molecular complexity index is 810. The molecule has 1 saturated heterocycles. The van der Waals surface area contributed by atoms with E-state index in [1.54, 1.807) is 43.8 Å². The third-order valence-corrected chi connectivity index (χ3v) is 6.63. The molecule has 0 aliphatic carbocycles. The van der Waals surface area contributed by atoms with Gasteiger partial charge < -0.3 is 19.7 Å². The first-order chi connectivity index (χ1) is 13.6. The minimum absolute atomic E-state index is 0.108. The fraction of sp³-hybridized carbons (Fsp3) is 0.400. The van der Waals surface area contributed by atoms with Gasteiger partial charge in [0, 0.05) is 37.0 Å². The van der Waals surface area contributed by atoms with Gasteiger partial charge in [0.1, 0.15) is 16.5 Å². The predicted molar refractivity (Wildman–Crippen MR) is 117 cm³/mol. The zero-order chi connectivity index (χ0) is 19.9. The maximum Gasteiger partial charge on any atom is 0.234 e. The van der Waals surface area contributed by atoms with Crippen LogP contribution in [-0.2, 0) is 4.79 Å². The van der Waals surface area contributed by atoms with Gasteiger partial charge in [0.2, 0.25) is 5.91 Å². The van der Waals surface area contributed by atoms with E-state index in [4.69, 9.17) is 14.5 Å². The SMILES string of the molecule is C=Cc1sc(N2CCCCC2)nc1SCC(=O)Nc1cc(OC)cc(OC)c1. The van der Waals surface area contributed by atoms with E-state index >= 15 is 0 Å². The van der Waals surface area contributed by atoms with Crippen molar-refractivity contribution < 1.29 is 14.3 Å². The van der Waals surface area contributed by atoms with Crippen LogP contribution in [0.4, 0.5) is 10.8 Å². The van der Waals surface area contributed by atoms with Crippen LogP contribution >= 0.6 is 23.1 Å². The third-order valence-electron chi connectivity index (χ3n) is 4.40. The number of thiazole rings is 1. The van der Waals surface area contributed by atoms with E-state index in [1.165, 1.54) is 31.0 Å². The number of amides is 1. The summed E-state index contributed by atoms with van der Waals surface area (Å²) in [6.07, 6.45) is 5.51. The molecule has 150 valence electrons. The Balaban J connectivity index is 1.62. The van der Waals surface area contributed by atoms with Crippen LogP contribution in [0.25, 0.3) is 6.08 Å². The Kier molecular flexibility index (Phi) is 7.22. The lowest BCUT2D eigenvalue weighted by atomic mass is 10.1. The minimum Gasteiger partial charge on any atom is -0.497 e. The summed E-state index contributed by atoms with van der Waals surface area (Å²) in [4.78, 5) is 20.5. The summed E-state index contributed by atoms with van der Waals surface area (Å²) in [6, 6.07) is 5.29. The molecular weight excluding hydrogens is 394 g/mol. The lowest BCUT2D eigenvalue weighted by Gasteiger charge is -2.25. The number of hydrogen-bond acceptors (Lipinski definition) is 7. The quantitative estimate of drug-likeness (QED) is 0.635. The first-order valence-electron chi connectivity index (χ1n) is 9.17. The second-order valence-corrected chi connectivity index (χ2v) is 8.33. The number of methoxy groups -OCH3 is 2. The van der Waals surface area contributed by atoms with Crippen molar-refractivity contribution in [3.8, 4) is 11.5 Å². The van der Waals surface area contributed by atoms with Crippen LogP contribution in [-0.4, -0.2) is 44.0 Å². The zero-order valence-electron chi connectivity index (χ0n) is 16.2. The maximum absolute atomic E-state index is 12.4. The van der Waals surface area contributed by atoms with Crippen LogP contribution in [0, 0.1) is 0 Å². The van der Waals surface area contributed by atoms with Gasteiger partial charge in [-0.05, 0) is 25.3 Å². The molecule has 0 radical (unpaired) electrons. The summed E-state index contributed by atoms with van der Waals surface area (Å²) < 4.78 is 10.5. The van der Waals surface area contributed by atoms with Crippen molar-refractivity contribution in [1.29, 1.82) is 0 Å². The van der Waals surface area contributed by atoms with E-state index in [-0.39, 0.29) is 11.7 Å². The Morgan fingerprint density at radius 1 is 1.25 bits per heavy atom. The topological polar surface area (TPSA) is 63.7 Å². The van der Waals surface area contributed by atoms with Crippen LogP contribution in [0.2, 0.25) is 0 Å². The number of nitrogens with zero attached hydrogens (tertiary/aromatic N) is 2. The van der Waals surface area contributed by atoms with Gasteiger partial charge in [0.15, 0.2) is 5.13 Å². The zero-order valence-corrected chi connectivity index (χ0v) is 17.8. The average molecular weight is 420 g/mol. The largest absolute Gasteiger partial charge is 0.497 e. The summed E-state index contributed by atoms with van der Waals surface area (Å²) in [5.41, 5.74) is 0.637. The van der Waals surface area contributed by atoms with Gasteiger partial charge in [-0.25, -0.2) is 4.98 Å². The lowest BCUT2D eigenvalue weighted by Crippen LogP contribution is -2.29. The minimum atomic E-state index is -0.108. The van der Waals surface area contributed by atoms with Gasteiger partial charge in [-0.1, -0.05) is 29.7 Å². The second kappa shape index (κ2) is 9.84. The Labute approximate surface area is 173 Å². The molecule has 0 atom stereocenters. The molecular formula is C20H25N3O3S2. The van der Waals surface area contributed by atoms with Gasteiger partial charge in [0.25, 0.3) is 0 Å². The molecule has 1 aromatic carbocycles. The van der Waals surface area contributed by atoms with E-state index in [0.717, 1.165) is 28.1 Å². The molecule has 1 N–H and O–H groups in total. The van der Waals surface area contributed by atoms with E-state index < -0.39 is 0 Å². The number of nitrogens with one attached hydrogen (secondary N) is 1. The van der Waals surface area contributed by atoms with Crippen molar-refractivity contribution >= 4 is 45.9 Å². The van der Waals surface area contributed by atoms with E-state index in [2.05, 4.69) is 16.8 Å². The number of aromatic nitrogens is 1. The van der Waals surface area contributed by atoms with Crippen molar-refractivity contribution in [3.05, 3.63) is 29.7 Å². The molecule has 2 aromatic rings. The molecule has 1 aliphatic heterocycles. The molecule has 0 spiro atoms. The number of carbonyl (C=O) groups excluding carboxylic acids is 1. The highest BCUT2D eigenvalue weighted by molar-refractivity contribution is 8.00. The highest BCUT2D eigenvalue weighted by Gasteiger charge is 2.18. The van der Waals surface area contributed by atoms with Crippen molar-refractivity contribution in [3.63, 3.8) is 0 Å². The monoisotopic (exact) mass is 419 g/mol. The van der Waals surface area contributed by atoms with Crippen molar-refractivity contribution in [1.82, 2.24) is 4.98 Å². The Hall–Kier alpha value is -2.19. The predicted octanol–water partition coefficient (Wildman–Crippen LogP) is 4.52. The first-order valence-corrected chi connectivity index (χ1v) is 11.0. The van der Waals surface area contributed by atoms with Gasteiger partial charge in [0.05, 0.1) is 24.8 Å². The standard InChI is InChI=1S/C20H25N3O3S2/c1-4-17-19(22-20(28-17)23-8-6-5-7-9-23)27-13-18(24)21-14-10-15(25-2)12-16(11-14)26-3/h4,10-12H,1,5-9,13H2,2-3H3,(H,21,24). The van der Waals surface area contributed by atoms with Gasteiger partial charge in [-0.3, -0.25) is 4.79 Å². The van der Waals surface area contributed by atoms with Crippen LogP contribution < -0.4 is 19.7 Å². The molecule has 1 aromatic heterocycles. The van der Waals surface area contributed by atoms with Crippen LogP contribution in [0.5, 0.6) is 11.5 Å². The van der Waals surface area contributed by atoms with E-state index in [9.17, 15) is 4.79 Å². The van der Waals surface area contributed by atoms with E-state index in [1.807, 2.05) is 6.08 Å². The number of hydrogen-bond donors (Lipinski definition) is 1. The van der Waals surface area contributed by atoms with Gasteiger partial charge in [-0.15, -0.1) is 0 Å². The molecule has 2 heterocycles. The van der Waals surface area contributed by atoms with Crippen LogP contribution in [0.1, 0.15) is 24.1 Å². The fourth-order valence-corrected chi connectivity index (χ4v) is 4.91. The van der Waals surface area contributed by atoms with Crippen molar-refractivity contribution in [2.45, 2.75) is 24.3 Å². The molecule has 0 saturated carbocycles. The van der Waals surface area contributed by atoms with Crippen molar-refractivity contribution in [2.24, 2.45) is 0 Å². The molecule has 1 amide bonds. The van der Waals surface area contributed by atoms with Gasteiger partial charge >= 0.3 is 0 Å². The lowest BCUT2D eigenvalue weighted by molar-refractivity contribution is -0.113. The number of thioether (sulfide) groups is 1. The highest BCUT2D eigenvalue weighted by Crippen LogP contribution is 2.34. The summed E-state index contributed by atoms with van der Waals surface area (Å²) in [5.74, 6) is 1.41. The third kappa shape index (κ3) is 5.20. The molecule has 1 fully saturated rings. The van der Waals surface area contributed by atoms with Crippen LogP contribution in [0.3, 0.4) is 0 Å². The number of anilines is 2. The molecule has 3 rings (SSSR count). The maximum atomic E-state index is 12.4. The summed E-state index contributed by atoms with van der Waals surface area (Å²) in [5, 5.41) is 4.77. The van der Waals surface area contributed by atoms with Crippen LogP contribution in [0.15, 0.2) is 29.8 Å². The van der Waals surface area contributed by atoms with Gasteiger partial charge in [-0.2, -0.15) is 0 Å². The second-order valence-electron chi connectivity index (χ2n) is 6.36. The Morgan fingerprint density at radius 3 is 2.54 bits per heavy atom. The summed E-state index contributed by atoms with van der Waals surface area (Å²) in [6.45, 7) is 5.99. The molecule has 0 unspecified atom stereocenters. The average Bonchev–Trinajstić information content (AvgIpc) is 3.16. The molecule has 0 bridgehead atoms. The fourth-order valence-electron chi connectivity index (χ4n) is 2.97. The smallest absolute Gasteiger partial charge is 0.234 e. The number of rotatable bonds is 8. The number of piperidine rings is 1. The summed E-state index contributed by atoms with van der Waals surface area (Å²) >= 11 is 3.07. The first kappa shape index (κ1) is 20.5. The summed E-state index contributed by atoms with van der Waals surface area (Å²) in [7, 11) is 3.16. The van der Waals surface area contributed by atoms with Crippen molar-refractivity contribution in [2.75, 3.05) is 43.3 Å². The number of carbonyl (C=O) groups is 1. The molecule has 6 nitrogen and oxygen atoms in total. The number of benzene rings is 1.